The number of aromatic nitrogens is 1. The van der Waals surface area contributed by atoms with Crippen LogP contribution in [-0.4, -0.2) is 27.9 Å². The van der Waals surface area contributed by atoms with Gasteiger partial charge in [0.1, 0.15) is 28.5 Å². The molecule has 1 atom stereocenters. The van der Waals surface area contributed by atoms with Crippen LogP contribution in [0, 0.1) is 22.7 Å². The molecule has 1 unspecified atom stereocenters. The number of nitrogens with two attached hydrogens (primary N) is 1. The molecule has 8 heteroatoms. The number of hydrogen-bond acceptors (Lipinski definition) is 7. The molecule has 7 nitrogen and oxygen atoms in total. The molecule has 26 heavy (non-hydrogen) atoms. The molecule has 1 heterocycles. The van der Waals surface area contributed by atoms with E-state index in [4.69, 9.17) is 5.73 Å². The number of nitriles is 2. The van der Waals surface area contributed by atoms with E-state index >= 15 is 0 Å². The number of nitrogen functional groups attached to an aromatic ring is 1. The first-order valence-electron chi connectivity index (χ1n) is 7.70. The summed E-state index contributed by atoms with van der Waals surface area (Å²) in [5, 5.41) is 31.6. The van der Waals surface area contributed by atoms with Crippen molar-refractivity contribution in [3.63, 3.8) is 0 Å². The lowest BCUT2D eigenvalue weighted by Gasteiger charge is -2.14. The van der Waals surface area contributed by atoms with Crippen LogP contribution in [0.25, 0.3) is 11.1 Å². The lowest BCUT2D eigenvalue weighted by Crippen LogP contribution is -2.07. The molecule has 0 fully saturated rings. The Bertz CT molecular complexity index is 911. The van der Waals surface area contributed by atoms with Crippen molar-refractivity contribution in [2.24, 2.45) is 0 Å². The molecule has 0 bridgehead atoms. The minimum absolute atomic E-state index is 0.0283. The van der Waals surface area contributed by atoms with Gasteiger partial charge >= 0.3 is 0 Å². The van der Waals surface area contributed by atoms with Crippen molar-refractivity contribution in [2.45, 2.75) is 25.0 Å². The van der Waals surface area contributed by atoms with Gasteiger partial charge in [0.25, 0.3) is 0 Å². The number of anilines is 2. The van der Waals surface area contributed by atoms with E-state index in [2.05, 4.69) is 16.4 Å². The molecule has 0 saturated heterocycles. The fraction of sp³-hybridized carbons (Fsp3) is 0.222. The van der Waals surface area contributed by atoms with Crippen molar-refractivity contribution in [3.05, 3.63) is 35.4 Å². The second-order valence-electron chi connectivity index (χ2n) is 5.57. The number of pyridine rings is 1. The molecule has 2 rings (SSSR count). The van der Waals surface area contributed by atoms with Gasteiger partial charge in [-0.2, -0.15) is 10.5 Å². The first-order valence-corrected chi connectivity index (χ1v) is 8.68. The van der Waals surface area contributed by atoms with Gasteiger partial charge in [-0.15, -0.1) is 11.8 Å². The number of carbonyl (C=O) groups excluding carboxylic acids is 1. The van der Waals surface area contributed by atoms with E-state index in [1.54, 1.807) is 31.2 Å². The number of hydrogen-bond donors (Lipinski definition) is 3. The Labute approximate surface area is 155 Å². The number of nitrogens with zero attached hydrogens (tertiary/aromatic N) is 3. The van der Waals surface area contributed by atoms with Gasteiger partial charge in [-0.3, -0.25) is 4.79 Å². The second-order valence-corrected chi connectivity index (χ2v) is 6.58. The van der Waals surface area contributed by atoms with Crippen LogP contribution in [0.4, 0.5) is 11.5 Å². The normalized spacial score (nSPS) is 11.3. The zero-order chi connectivity index (χ0) is 19.3. The van der Waals surface area contributed by atoms with E-state index < -0.39 is 6.10 Å². The largest absolute Gasteiger partial charge is 0.393 e. The first-order chi connectivity index (χ1) is 12.4. The molecular formula is C18H17N5O2S. The number of carbonyl (C=O) groups is 1. The van der Waals surface area contributed by atoms with Gasteiger partial charge in [0.2, 0.25) is 5.91 Å². The highest BCUT2D eigenvalue weighted by Gasteiger charge is 2.20. The average molecular weight is 367 g/mol. The predicted octanol–water partition coefficient (Wildman–Crippen LogP) is 2.51. The van der Waals surface area contributed by atoms with E-state index in [1.807, 2.05) is 6.07 Å². The molecule has 1 amide bonds. The number of aliphatic hydroxyl groups excluding tert-OH is 1. The highest BCUT2D eigenvalue weighted by molar-refractivity contribution is 7.99. The van der Waals surface area contributed by atoms with Crippen LogP contribution in [-0.2, 0) is 4.79 Å². The number of nitrogens with one attached hydrogen (secondary N) is 1. The van der Waals surface area contributed by atoms with Crippen LogP contribution in [0.1, 0.15) is 25.0 Å². The summed E-state index contributed by atoms with van der Waals surface area (Å²) < 4.78 is 0. The summed E-state index contributed by atoms with van der Waals surface area (Å²) in [6, 6.07) is 10.9. The zero-order valence-electron chi connectivity index (χ0n) is 14.3. The molecule has 0 aliphatic heterocycles. The summed E-state index contributed by atoms with van der Waals surface area (Å²) in [5.41, 5.74) is 7.88. The van der Waals surface area contributed by atoms with Crippen LogP contribution in [0.3, 0.4) is 0 Å². The monoisotopic (exact) mass is 367 g/mol. The molecule has 0 saturated carbocycles. The highest BCUT2D eigenvalue weighted by Crippen LogP contribution is 2.36. The molecule has 1 aromatic heterocycles. The maximum absolute atomic E-state index is 11.1. The summed E-state index contributed by atoms with van der Waals surface area (Å²) in [6.07, 6.45) is -0.578. The van der Waals surface area contributed by atoms with E-state index in [-0.39, 0.29) is 22.9 Å². The summed E-state index contributed by atoms with van der Waals surface area (Å²) >= 11 is 1.20. The fourth-order valence-corrected chi connectivity index (χ4v) is 3.17. The molecule has 0 aliphatic rings. The minimum Gasteiger partial charge on any atom is -0.393 e. The standard InChI is InChI=1S/C18H17N5O2S/c1-10(24)9-26-18-15(8-20)16(14(7-19)17(21)23-18)12-3-5-13(6-4-12)22-11(2)25/h3-6,10,24H,9H2,1-2H3,(H2,21,23)(H,22,25). The van der Waals surface area contributed by atoms with Crippen molar-refractivity contribution in [1.82, 2.24) is 4.98 Å². The minimum atomic E-state index is -0.578. The molecular weight excluding hydrogens is 350 g/mol. The van der Waals surface area contributed by atoms with Crippen molar-refractivity contribution in [1.29, 1.82) is 10.5 Å². The Kier molecular flexibility index (Phi) is 6.18. The highest BCUT2D eigenvalue weighted by atomic mass is 32.2. The van der Waals surface area contributed by atoms with Gasteiger partial charge in [-0.1, -0.05) is 12.1 Å². The number of amides is 1. The molecule has 0 radical (unpaired) electrons. The predicted molar refractivity (Wildman–Crippen MR) is 100 cm³/mol. The van der Waals surface area contributed by atoms with Gasteiger partial charge in [0.05, 0.1) is 11.7 Å². The number of aliphatic hydroxyl groups is 1. The molecule has 132 valence electrons. The van der Waals surface area contributed by atoms with Gasteiger partial charge in [0.15, 0.2) is 0 Å². The number of benzene rings is 1. The maximum atomic E-state index is 11.1. The van der Waals surface area contributed by atoms with Crippen LogP contribution >= 0.6 is 11.8 Å². The quantitative estimate of drug-likeness (QED) is 0.691. The van der Waals surface area contributed by atoms with Gasteiger partial charge in [-0.05, 0) is 24.6 Å². The molecule has 0 spiro atoms. The molecule has 4 N–H and O–H groups in total. The van der Waals surface area contributed by atoms with Gasteiger partial charge in [-0.25, -0.2) is 4.98 Å². The van der Waals surface area contributed by atoms with Crippen LogP contribution in [0.15, 0.2) is 29.3 Å². The van der Waals surface area contributed by atoms with Gasteiger partial charge in [0, 0.05) is 23.9 Å². The Morgan fingerprint density at radius 3 is 2.42 bits per heavy atom. The summed E-state index contributed by atoms with van der Waals surface area (Å²) in [7, 11) is 0. The third kappa shape index (κ3) is 4.31. The van der Waals surface area contributed by atoms with E-state index in [9.17, 15) is 20.4 Å². The van der Waals surface area contributed by atoms with Crippen LogP contribution < -0.4 is 11.1 Å². The van der Waals surface area contributed by atoms with E-state index in [0.29, 0.717) is 27.6 Å². The van der Waals surface area contributed by atoms with Crippen molar-refractivity contribution in [3.8, 4) is 23.3 Å². The lowest BCUT2D eigenvalue weighted by molar-refractivity contribution is -0.114. The SMILES string of the molecule is CC(=O)Nc1ccc(-c2c(C#N)c(N)nc(SCC(C)O)c2C#N)cc1. The topological polar surface area (TPSA) is 136 Å². The van der Waals surface area contributed by atoms with Crippen LogP contribution in [0.2, 0.25) is 0 Å². The van der Waals surface area contributed by atoms with E-state index in [0.717, 1.165) is 0 Å². The molecule has 1 aromatic carbocycles. The van der Waals surface area contributed by atoms with Crippen LogP contribution in [0.5, 0.6) is 0 Å². The summed E-state index contributed by atoms with van der Waals surface area (Å²) in [4.78, 5) is 15.3. The Morgan fingerprint density at radius 2 is 1.92 bits per heavy atom. The Balaban J connectivity index is 2.60. The maximum Gasteiger partial charge on any atom is 0.221 e. The zero-order valence-corrected chi connectivity index (χ0v) is 15.1. The fourth-order valence-electron chi connectivity index (χ4n) is 2.31. The summed E-state index contributed by atoms with van der Waals surface area (Å²) in [5.74, 6) is 0.173. The third-order valence-corrected chi connectivity index (χ3v) is 4.59. The van der Waals surface area contributed by atoms with Gasteiger partial charge < -0.3 is 16.2 Å². The van der Waals surface area contributed by atoms with Crippen molar-refractivity contribution in [2.75, 3.05) is 16.8 Å². The lowest BCUT2D eigenvalue weighted by atomic mass is 9.96. The van der Waals surface area contributed by atoms with Crippen molar-refractivity contribution >= 4 is 29.2 Å². The van der Waals surface area contributed by atoms with E-state index in [1.165, 1.54) is 18.7 Å². The number of rotatable bonds is 5. The number of thioether (sulfide) groups is 1. The smallest absolute Gasteiger partial charge is 0.221 e. The Morgan fingerprint density at radius 1 is 1.31 bits per heavy atom. The van der Waals surface area contributed by atoms with Crippen molar-refractivity contribution < 1.29 is 9.90 Å². The molecule has 2 aromatic rings. The first kappa shape index (κ1) is 19.3. The second kappa shape index (κ2) is 8.34. The Hall–Kier alpha value is -3.07. The summed E-state index contributed by atoms with van der Waals surface area (Å²) in [6.45, 7) is 3.04. The third-order valence-electron chi connectivity index (χ3n) is 3.37. The average Bonchev–Trinajstić information content (AvgIpc) is 2.59. The molecule has 0 aliphatic carbocycles.